The van der Waals surface area contributed by atoms with Gasteiger partial charge in [0.05, 0.1) is 0 Å². The molecule has 0 atom stereocenters. The van der Waals surface area contributed by atoms with E-state index in [4.69, 9.17) is 5.26 Å². The summed E-state index contributed by atoms with van der Waals surface area (Å²) in [5.74, 6) is 0. The number of aromatic nitrogens is 2. The first kappa shape index (κ1) is 10.1. The predicted molar refractivity (Wildman–Crippen MR) is 58.8 cm³/mol. The molecule has 2 aromatic heterocycles. The highest BCUT2D eigenvalue weighted by Gasteiger charge is 2.06. The second-order valence-electron chi connectivity index (χ2n) is 3.36. The summed E-state index contributed by atoms with van der Waals surface area (Å²) in [6.07, 6.45) is 5.50. The fourth-order valence-corrected chi connectivity index (χ4v) is 1.51. The minimum absolute atomic E-state index is 0.173. The van der Waals surface area contributed by atoms with Crippen LogP contribution in [0.15, 0.2) is 41.6 Å². The Morgan fingerprint density at radius 3 is 3.00 bits per heavy atom. The van der Waals surface area contributed by atoms with Crippen molar-refractivity contribution in [3.8, 4) is 6.07 Å². The molecule has 0 aliphatic carbocycles. The van der Waals surface area contributed by atoms with Crippen molar-refractivity contribution >= 4 is 0 Å². The van der Waals surface area contributed by atoms with Crippen molar-refractivity contribution in [1.29, 1.82) is 5.26 Å². The second-order valence-corrected chi connectivity index (χ2v) is 3.36. The third-order valence-corrected chi connectivity index (χ3v) is 2.28. The first-order chi connectivity index (χ1) is 7.81. The van der Waals surface area contributed by atoms with Crippen molar-refractivity contribution in [3.05, 3.63) is 63.8 Å². The lowest BCUT2D eigenvalue weighted by Gasteiger charge is -2.02. The van der Waals surface area contributed by atoms with E-state index in [1.165, 1.54) is 0 Å². The maximum Gasteiger partial charge on any atom is 0.266 e. The molecule has 0 amide bonds. The van der Waals surface area contributed by atoms with Gasteiger partial charge in [-0.2, -0.15) is 5.26 Å². The summed E-state index contributed by atoms with van der Waals surface area (Å²) >= 11 is 0. The number of rotatable bonds is 2. The summed E-state index contributed by atoms with van der Waals surface area (Å²) in [5.41, 5.74) is 1.53. The molecule has 0 spiro atoms. The van der Waals surface area contributed by atoms with E-state index >= 15 is 0 Å². The van der Waals surface area contributed by atoms with E-state index in [0.717, 1.165) is 11.1 Å². The van der Waals surface area contributed by atoms with E-state index in [0.29, 0.717) is 6.42 Å². The molecule has 0 unspecified atom stereocenters. The lowest BCUT2D eigenvalue weighted by atomic mass is 10.0. The Bertz CT molecular complexity index is 581. The highest BCUT2D eigenvalue weighted by Crippen LogP contribution is 2.09. The SMILES string of the molecule is N#Cc1c(Cc2cccnc2)cc[nH]c1=O. The molecule has 78 valence electrons. The molecular formula is C12H9N3O. The number of nitrogens with one attached hydrogen (secondary N) is 1. The molecule has 4 nitrogen and oxygen atoms in total. The molecule has 2 aromatic rings. The smallest absolute Gasteiger partial charge is 0.266 e. The van der Waals surface area contributed by atoms with Gasteiger partial charge in [-0.15, -0.1) is 0 Å². The monoisotopic (exact) mass is 211 g/mol. The van der Waals surface area contributed by atoms with Gasteiger partial charge in [-0.25, -0.2) is 0 Å². The highest BCUT2D eigenvalue weighted by atomic mass is 16.1. The van der Waals surface area contributed by atoms with E-state index < -0.39 is 0 Å². The molecule has 0 fully saturated rings. The molecule has 4 heteroatoms. The summed E-state index contributed by atoms with van der Waals surface area (Å²) in [6, 6.07) is 7.40. The van der Waals surface area contributed by atoms with Gasteiger partial charge in [0.2, 0.25) is 0 Å². The first-order valence-corrected chi connectivity index (χ1v) is 4.81. The number of aromatic amines is 1. The van der Waals surface area contributed by atoms with E-state index in [9.17, 15) is 4.79 Å². The summed E-state index contributed by atoms with van der Waals surface area (Å²) in [7, 11) is 0. The lowest BCUT2D eigenvalue weighted by Crippen LogP contribution is -2.12. The Balaban J connectivity index is 2.40. The van der Waals surface area contributed by atoms with Gasteiger partial charge in [-0.3, -0.25) is 9.78 Å². The summed E-state index contributed by atoms with van der Waals surface area (Å²) < 4.78 is 0. The Labute approximate surface area is 92.2 Å². The van der Waals surface area contributed by atoms with Crippen molar-refractivity contribution in [2.24, 2.45) is 0 Å². The van der Waals surface area contributed by atoms with Gasteiger partial charge in [0.1, 0.15) is 11.6 Å². The minimum Gasteiger partial charge on any atom is -0.328 e. The molecule has 0 aromatic carbocycles. The standard InChI is InChI=1S/C12H9N3O/c13-7-11-10(3-5-15-12(11)16)6-9-2-1-4-14-8-9/h1-5,8H,6H2,(H,15,16). The van der Waals surface area contributed by atoms with Crippen LogP contribution in [-0.4, -0.2) is 9.97 Å². The zero-order chi connectivity index (χ0) is 11.4. The van der Waals surface area contributed by atoms with Gasteiger partial charge in [0, 0.05) is 25.0 Å². The number of hydrogen-bond donors (Lipinski definition) is 1. The molecule has 0 saturated heterocycles. The van der Waals surface area contributed by atoms with Crippen LogP contribution in [0.4, 0.5) is 0 Å². The maximum atomic E-state index is 11.4. The van der Waals surface area contributed by atoms with Crippen molar-refractivity contribution in [2.75, 3.05) is 0 Å². The zero-order valence-electron chi connectivity index (χ0n) is 8.47. The largest absolute Gasteiger partial charge is 0.328 e. The fourth-order valence-electron chi connectivity index (χ4n) is 1.51. The number of nitrogens with zero attached hydrogens (tertiary/aromatic N) is 2. The molecular weight excluding hydrogens is 202 g/mol. The van der Waals surface area contributed by atoms with Gasteiger partial charge in [0.25, 0.3) is 5.56 Å². The molecule has 0 bridgehead atoms. The number of pyridine rings is 2. The topological polar surface area (TPSA) is 69.5 Å². The Hall–Kier alpha value is -2.41. The van der Waals surface area contributed by atoms with E-state index in [1.807, 2.05) is 18.2 Å². The molecule has 0 saturated carbocycles. The molecule has 1 N–H and O–H groups in total. The summed E-state index contributed by atoms with van der Waals surface area (Å²) in [5, 5.41) is 8.89. The number of nitriles is 1. The molecule has 0 radical (unpaired) electrons. The summed E-state index contributed by atoms with van der Waals surface area (Å²) in [6.45, 7) is 0. The average Bonchev–Trinajstić information content (AvgIpc) is 2.31. The summed E-state index contributed by atoms with van der Waals surface area (Å²) in [4.78, 5) is 17.8. The average molecular weight is 211 g/mol. The van der Waals surface area contributed by atoms with Crippen LogP contribution in [-0.2, 0) is 6.42 Å². The molecule has 16 heavy (non-hydrogen) atoms. The van der Waals surface area contributed by atoms with Gasteiger partial charge in [0.15, 0.2) is 0 Å². The lowest BCUT2D eigenvalue weighted by molar-refractivity contribution is 1.09. The third-order valence-electron chi connectivity index (χ3n) is 2.28. The van der Waals surface area contributed by atoms with Crippen molar-refractivity contribution in [1.82, 2.24) is 9.97 Å². The van der Waals surface area contributed by atoms with Gasteiger partial charge >= 0.3 is 0 Å². The van der Waals surface area contributed by atoms with Crippen LogP contribution < -0.4 is 5.56 Å². The van der Waals surface area contributed by atoms with E-state index in [1.54, 1.807) is 24.7 Å². The highest BCUT2D eigenvalue weighted by molar-refractivity contribution is 5.37. The minimum atomic E-state index is -0.344. The van der Waals surface area contributed by atoms with Crippen LogP contribution >= 0.6 is 0 Å². The second kappa shape index (κ2) is 4.41. The van der Waals surface area contributed by atoms with Crippen molar-refractivity contribution in [2.45, 2.75) is 6.42 Å². The first-order valence-electron chi connectivity index (χ1n) is 4.81. The van der Waals surface area contributed by atoms with Crippen LogP contribution in [0.25, 0.3) is 0 Å². The molecule has 0 aliphatic heterocycles. The van der Waals surface area contributed by atoms with E-state index in [2.05, 4.69) is 9.97 Å². The van der Waals surface area contributed by atoms with Crippen molar-refractivity contribution < 1.29 is 0 Å². The van der Waals surface area contributed by atoms with Crippen LogP contribution in [0.1, 0.15) is 16.7 Å². The van der Waals surface area contributed by atoms with E-state index in [-0.39, 0.29) is 11.1 Å². The maximum absolute atomic E-state index is 11.4. The van der Waals surface area contributed by atoms with Crippen molar-refractivity contribution in [3.63, 3.8) is 0 Å². The molecule has 2 rings (SSSR count). The predicted octanol–water partition coefficient (Wildman–Crippen LogP) is 1.23. The van der Waals surface area contributed by atoms with Crippen LogP contribution in [0.2, 0.25) is 0 Å². The van der Waals surface area contributed by atoms with Crippen LogP contribution in [0.3, 0.4) is 0 Å². The normalized spacial score (nSPS) is 9.69. The quantitative estimate of drug-likeness (QED) is 0.812. The van der Waals surface area contributed by atoms with Crippen LogP contribution in [0.5, 0.6) is 0 Å². The Kier molecular flexibility index (Phi) is 2.79. The Morgan fingerprint density at radius 2 is 2.31 bits per heavy atom. The third kappa shape index (κ3) is 1.98. The number of hydrogen-bond acceptors (Lipinski definition) is 3. The van der Waals surface area contributed by atoms with Gasteiger partial charge < -0.3 is 4.98 Å². The molecule has 0 aliphatic rings. The van der Waals surface area contributed by atoms with Crippen LogP contribution in [0, 0.1) is 11.3 Å². The van der Waals surface area contributed by atoms with Gasteiger partial charge in [-0.05, 0) is 23.3 Å². The fraction of sp³-hybridized carbons (Fsp3) is 0.0833. The van der Waals surface area contributed by atoms with Gasteiger partial charge in [-0.1, -0.05) is 6.07 Å². The zero-order valence-corrected chi connectivity index (χ0v) is 8.47. The Morgan fingerprint density at radius 1 is 1.44 bits per heavy atom. The number of H-pyrrole nitrogens is 1. The molecule has 2 heterocycles.